The van der Waals surface area contributed by atoms with E-state index in [0.717, 1.165) is 47.5 Å². The predicted octanol–water partition coefficient (Wildman–Crippen LogP) is 3.72. The molecule has 3 aromatic rings. The number of thiazole rings is 1. The number of hydrogen-bond acceptors (Lipinski definition) is 5. The van der Waals surface area contributed by atoms with Gasteiger partial charge in [0.05, 0.1) is 17.2 Å². The van der Waals surface area contributed by atoms with Crippen LogP contribution in [0.1, 0.15) is 28.1 Å². The van der Waals surface area contributed by atoms with E-state index in [4.69, 9.17) is 4.74 Å². The summed E-state index contributed by atoms with van der Waals surface area (Å²) in [4.78, 5) is 14.6. The maximum Gasteiger partial charge on any atom is 0.191 e. The van der Waals surface area contributed by atoms with Gasteiger partial charge in [-0.25, -0.2) is 9.98 Å². The number of aryl methyl sites for hydroxylation is 1. The van der Waals surface area contributed by atoms with Crippen molar-refractivity contribution in [2.24, 2.45) is 4.99 Å². The number of rotatable bonds is 9. The maximum absolute atomic E-state index is 5.85. The van der Waals surface area contributed by atoms with E-state index in [1.807, 2.05) is 42.6 Å². The van der Waals surface area contributed by atoms with Crippen LogP contribution in [0.5, 0.6) is 5.75 Å². The van der Waals surface area contributed by atoms with E-state index in [9.17, 15) is 0 Å². The second-order valence-electron chi connectivity index (χ2n) is 6.49. The van der Waals surface area contributed by atoms with E-state index in [0.29, 0.717) is 13.2 Å². The quantitative estimate of drug-likeness (QED) is 0.416. The van der Waals surface area contributed by atoms with Crippen molar-refractivity contribution in [2.75, 3.05) is 13.1 Å². The molecule has 0 saturated carbocycles. The number of ether oxygens (including phenoxy) is 1. The molecular formula is C22H27N5OS. The molecule has 0 saturated heterocycles. The van der Waals surface area contributed by atoms with Crippen molar-refractivity contribution in [3.05, 3.63) is 76.0 Å². The molecule has 0 spiro atoms. The Morgan fingerprint density at radius 1 is 1.14 bits per heavy atom. The molecule has 2 heterocycles. The van der Waals surface area contributed by atoms with Crippen LogP contribution in [0.25, 0.3) is 0 Å². The Balaban J connectivity index is 1.52. The monoisotopic (exact) mass is 409 g/mol. The van der Waals surface area contributed by atoms with Gasteiger partial charge in [-0.15, -0.1) is 11.3 Å². The first-order valence-electron chi connectivity index (χ1n) is 9.78. The third kappa shape index (κ3) is 7.19. The molecule has 152 valence electrons. The van der Waals surface area contributed by atoms with Gasteiger partial charge in [-0.3, -0.25) is 4.98 Å². The molecule has 29 heavy (non-hydrogen) atoms. The Bertz CT molecular complexity index is 910. The zero-order valence-corrected chi connectivity index (χ0v) is 17.7. The number of hydrogen-bond donors (Lipinski definition) is 2. The van der Waals surface area contributed by atoms with Crippen molar-refractivity contribution < 1.29 is 4.74 Å². The van der Waals surface area contributed by atoms with E-state index in [2.05, 4.69) is 45.5 Å². The molecule has 0 bridgehead atoms. The molecule has 6 nitrogen and oxygen atoms in total. The third-order valence-electron chi connectivity index (χ3n) is 4.08. The Hall–Kier alpha value is -2.93. The zero-order valence-electron chi connectivity index (χ0n) is 16.9. The summed E-state index contributed by atoms with van der Waals surface area (Å²) in [5, 5.41) is 7.81. The Morgan fingerprint density at radius 3 is 2.83 bits per heavy atom. The predicted molar refractivity (Wildman–Crippen MR) is 118 cm³/mol. The highest BCUT2D eigenvalue weighted by molar-refractivity contribution is 7.11. The van der Waals surface area contributed by atoms with Crippen molar-refractivity contribution in [2.45, 2.75) is 33.4 Å². The highest BCUT2D eigenvalue weighted by Gasteiger charge is 2.02. The number of benzene rings is 1. The van der Waals surface area contributed by atoms with Crippen LogP contribution in [0.2, 0.25) is 0 Å². The highest BCUT2D eigenvalue weighted by atomic mass is 32.1. The lowest BCUT2D eigenvalue weighted by atomic mass is 10.2. The van der Waals surface area contributed by atoms with Crippen LogP contribution in [-0.2, 0) is 19.6 Å². The molecule has 0 aliphatic carbocycles. The van der Waals surface area contributed by atoms with Crippen molar-refractivity contribution in [3.8, 4) is 5.75 Å². The lowest BCUT2D eigenvalue weighted by molar-refractivity contribution is 0.301. The fourth-order valence-corrected chi connectivity index (χ4v) is 3.48. The second kappa shape index (κ2) is 11.2. The van der Waals surface area contributed by atoms with Gasteiger partial charge in [-0.1, -0.05) is 18.2 Å². The molecule has 2 aromatic heterocycles. The summed E-state index contributed by atoms with van der Waals surface area (Å²) in [6.45, 7) is 6.78. The molecule has 7 heteroatoms. The molecule has 0 aliphatic heterocycles. The first-order valence-corrected chi connectivity index (χ1v) is 10.6. The number of aromatic nitrogens is 2. The lowest BCUT2D eigenvalue weighted by Crippen LogP contribution is -2.38. The number of nitrogens with zero attached hydrogens (tertiary/aromatic N) is 3. The average molecular weight is 410 g/mol. The van der Waals surface area contributed by atoms with Crippen LogP contribution in [0, 0.1) is 6.92 Å². The van der Waals surface area contributed by atoms with Gasteiger partial charge in [0.1, 0.15) is 12.4 Å². The van der Waals surface area contributed by atoms with Gasteiger partial charge in [0, 0.05) is 36.8 Å². The second-order valence-corrected chi connectivity index (χ2v) is 7.81. The molecule has 0 atom stereocenters. The minimum atomic E-state index is 0.452. The summed E-state index contributed by atoms with van der Waals surface area (Å²) in [6, 6.07) is 13.8. The Kier molecular flexibility index (Phi) is 8.01. The molecule has 3 rings (SSSR count). The summed E-state index contributed by atoms with van der Waals surface area (Å²) < 4.78 is 5.85. The van der Waals surface area contributed by atoms with Gasteiger partial charge in [-0.2, -0.15) is 0 Å². The topological polar surface area (TPSA) is 71.4 Å². The summed E-state index contributed by atoms with van der Waals surface area (Å²) in [5.41, 5.74) is 2.00. The first kappa shape index (κ1) is 20.8. The van der Waals surface area contributed by atoms with E-state index >= 15 is 0 Å². The number of pyridine rings is 1. The SMILES string of the molecule is CCNC(=NCc1cccc(OCc2ccccn2)c1)NCCc1ncc(C)s1. The summed E-state index contributed by atoms with van der Waals surface area (Å²) in [5.74, 6) is 1.63. The number of guanidine groups is 1. The highest BCUT2D eigenvalue weighted by Crippen LogP contribution is 2.15. The molecule has 1 aromatic carbocycles. The van der Waals surface area contributed by atoms with E-state index < -0.39 is 0 Å². The Labute approximate surface area is 176 Å². The molecule has 0 radical (unpaired) electrons. The fourth-order valence-electron chi connectivity index (χ4n) is 2.69. The van der Waals surface area contributed by atoms with Crippen molar-refractivity contribution in [1.29, 1.82) is 0 Å². The van der Waals surface area contributed by atoms with Crippen LogP contribution in [0.4, 0.5) is 0 Å². The van der Waals surface area contributed by atoms with E-state index in [1.54, 1.807) is 17.5 Å². The Morgan fingerprint density at radius 2 is 2.07 bits per heavy atom. The smallest absolute Gasteiger partial charge is 0.191 e. The third-order valence-corrected chi connectivity index (χ3v) is 5.05. The van der Waals surface area contributed by atoms with Crippen LogP contribution in [0.15, 0.2) is 59.9 Å². The minimum absolute atomic E-state index is 0.452. The molecule has 0 unspecified atom stereocenters. The van der Waals surface area contributed by atoms with E-state index in [1.165, 1.54) is 4.88 Å². The largest absolute Gasteiger partial charge is 0.487 e. The van der Waals surface area contributed by atoms with Gasteiger partial charge in [0.15, 0.2) is 5.96 Å². The molecule has 2 N–H and O–H groups in total. The van der Waals surface area contributed by atoms with Gasteiger partial charge < -0.3 is 15.4 Å². The number of nitrogens with one attached hydrogen (secondary N) is 2. The molecule has 0 aliphatic rings. The standard InChI is InChI=1S/C22H27N5OS/c1-3-23-22(25-12-10-21-26-14-17(2)29-21)27-15-18-7-6-9-20(13-18)28-16-19-8-4-5-11-24-19/h4-9,11,13-14H,3,10,12,15-16H2,1-2H3,(H2,23,25,27). The maximum atomic E-state index is 5.85. The van der Waals surface area contributed by atoms with E-state index in [-0.39, 0.29) is 0 Å². The molecule has 0 amide bonds. The number of aliphatic imine (C=N–C) groups is 1. The first-order chi connectivity index (χ1) is 14.2. The summed E-state index contributed by atoms with van der Waals surface area (Å²) >= 11 is 1.74. The van der Waals surface area contributed by atoms with Crippen LogP contribution in [0.3, 0.4) is 0 Å². The zero-order chi connectivity index (χ0) is 20.3. The molecule has 0 fully saturated rings. The van der Waals surface area contributed by atoms with Gasteiger partial charge in [0.25, 0.3) is 0 Å². The van der Waals surface area contributed by atoms with Crippen molar-refractivity contribution in [1.82, 2.24) is 20.6 Å². The van der Waals surface area contributed by atoms with Gasteiger partial charge in [0.2, 0.25) is 0 Å². The van der Waals surface area contributed by atoms with Crippen molar-refractivity contribution in [3.63, 3.8) is 0 Å². The summed E-state index contributed by atoms with van der Waals surface area (Å²) in [6.07, 6.45) is 4.58. The van der Waals surface area contributed by atoms with Gasteiger partial charge >= 0.3 is 0 Å². The minimum Gasteiger partial charge on any atom is -0.487 e. The average Bonchev–Trinajstić information content (AvgIpc) is 3.16. The van der Waals surface area contributed by atoms with Crippen LogP contribution >= 0.6 is 11.3 Å². The fraction of sp³-hybridized carbons (Fsp3) is 0.318. The lowest BCUT2D eigenvalue weighted by Gasteiger charge is -2.11. The van der Waals surface area contributed by atoms with Gasteiger partial charge in [-0.05, 0) is 43.7 Å². The summed E-state index contributed by atoms with van der Waals surface area (Å²) in [7, 11) is 0. The van der Waals surface area contributed by atoms with Crippen LogP contribution < -0.4 is 15.4 Å². The molecular weight excluding hydrogens is 382 g/mol. The normalized spacial score (nSPS) is 11.3. The van der Waals surface area contributed by atoms with Crippen molar-refractivity contribution >= 4 is 17.3 Å². The van der Waals surface area contributed by atoms with Crippen LogP contribution in [-0.4, -0.2) is 29.0 Å².